The summed E-state index contributed by atoms with van der Waals surface area (Å²) in [5.41, 5.74) is 0.431. The van der Waals surface area contributed by atoms with Crippen molar-refractivity contribution in [3.63, 3.8) is 0 Å². The Hall–Kier alpha value is -8.69. The molecule has 0 spiro atoms. The first-order valence-corrected chi connectivity index (χ1v) is 30.9. The monoisotopic (exact) mass is 1280 g/mol. The molecule has 0 unspecified atom stereocenters. The van der Waals surface area contributed by atoms with Crippen LogP contribution in [0.15, 0.2) is 126 Å². The average molecular weight is 1280 g/mol. The van der Waals surface area contributed by atoms with Gasteiger partial charge in [0.15, 0.2) is 40.5 Å². The quantitative estimate of drug-likeness (QED) is 0.0330. The van der Waals surface area contributed by atoms with Crippen LogP contribution < -0.4 is 18.9 Å². The van der Waals surface area contributed by atoms with E-state index in [9.17, 15) is 45.9 Å². The summed E-state index contributed by atoms with van der Waals surface area (Å²) in [6.07, 6.45) is 8.92. The summed E-state index contributed by atoms with van der Waals surface area (Å²) in [6, 6.07) is 27.9. The Kier molecular flexibility index (Phi) is 23.0. The van der Waals surface area contributed by atoms with E-state index in [2.05, 4.69) is 24.9 Å². The summed E-state index contributed by atoms with van der Waals surface area (Å²) in [7, 11) is -4.42. The van der Waals surface area contributed by atoms with Gasteiger partial charge in [0.1, 0.15) is 36.2 Å². The molecule has 17 nitrogen and oxygen atoms in total. The second kappa shape index (κ2) is 30.6. The molecule has 0 saturated heterocycles. The fourth-order valence-corrected chi connectivity index (χ4v) is 13.3. The standard InChI is InChI=1S/C38H36F3N3O6S.C29H26F3N3O4.Li.H2O/c1-3-49-38(46)35-34(41)32(17-25-10-7-11-26(16-25)18-33(45)50-22-24-8-5-4-6-9-24)42-37(43-35)30-21-44(36-29(30)19-27(39)20-31(36)40)51(47,48)28-14-12-23(2)13-15-28;30-19-12-20-21(14-33-26(20)22(31)13-19)28-34-23(25(32)27(35-28)29(37)38)10-17-7-4-8-18(9-17)11-24(36)39-15-16-5-2-1-3-6-16;;/h4-6,8-9,12-15,19-21,25-26H,3,7,10-11,16-18,22H2,1-2H3;1-3,5-6,12-14,17-18,33H,4,7-11,15H2,(H,37,38);;1H2/q;;+1;/p-1/t25-,26+;17-,18+;;/m11../s1. The van der Waals surface area contributed by atoms with Gasteiger partial charge in [-0.15, -0.1) is 0 Å². The van der Waals surface area contributed by atoms with Crippen LogP contribution in [0, 0.1) is 65.5 Å². The van der Waals surface area contributed by atoms with Crippen LogP contribution in [-0.2, 0) is 59.9 Å². The van der Waals surface area contributed by atoms with Crippen molar-refractivity contribution in [1.82, 2.24) is 28.9 Å². The fourth-order valence-electron chi connectivity index (χ4n) is 11.9. The number of carbonyl (C=O) groups excluding carboxylic acids is 3. The maximum absolute atomic E-state index is 16.0. The zero-order chi connectivity index (χ0) is 63.8. The molecule has 25 heteroatoms. The molecule has 0 bridgehead atoms. The van der Waals surface area contributed by atoms with Crippen molar-refractivity contribution in [2.24, 2.45) is 23.7 Å². The van der Waals surface area contributed by atoms with Gasteiger partial charge in [0.25, 0.3) is 10.0 Å². The normalized spacial score (nSPS) is 16.3. The van der Waals surface area contributed by atoms with E-state index < -0.39 is 73.8 Å². The average Bonchev–Trinajstić information content (AvgIpc) is 1.57. The Morgan fingerprint density at radius 3 is 1.64 bits per heavy atom. The molecule has 476 valence electrons. The first kappa shape index (κ1) is 69.2. The summed E-state index contributed by atoms with van der Waals surface area (Å²) in [5, 5.41) is 9.51. The molecule has 4 atom stereocenters. The number of hydrogen-bond donors (Lipinski definition) is 2. The van der Waals surface area contributed by atoms with Gasteiger partial charge < -0.3 is 29.8 Å². The SMILES string of the molecule is CCOC(=O)c1nc(-c2cn(S(=O)(=O)c3ccc(C)cc3)c3c(F)cc(F)cc23)nc(C[C@@H]2CCC[C@H](CC(=O)OCc3ccccc3)C2)c1F.O=C(C[C@H]1CCC[C@@H](Cc2nc(-c3c[nH]c4c(F)cc(F)cc34)nc(C(=O)O)c2F)C1)OCc1ccccc1.[Li+].[OH-]. The summed E-state index contributed by atoms with van der Waals surface area (Å²) in [4.78, 5) is 69.1. The molecule has 2 aliphatic rings. The van der Waals surface area contributed by atoms with Crippen LogP contribution in [0.5, 0.6) is 0 Å². The van der Waals surface area contributed by atoms with Crippen LogP contribution in [-0.4, -0.2) is 78.4 Å². The number of nitrogens with one attached hydrogen (secondary N) is 1. The van der Waals surface area contributed by atoms with E-state index in [1.807, 2.05) is 60.7 Å². The third-order valence-corrected chi connectivity index (χ3v) is 17.9. The summed E-state index contributed by atoms with van der Waals surface area (Å²) in [5.74, 6) is -9.69. The number of H-pyrrole nitrogens is 1. The van der Waals surface area contributed by atoms with Gasteiger partial charge in [0, 0.05) is 59.3 Å². The number of aromatic nitrogens is 6. The number of rotatable bonds is 19. The number of aromatic amines is 1. The zero-order valence-electron chi connectivity index (χ0n) is 50.4. The van der Waals surface area contributed by atoms with Gasteiger partial charge in [-0.3, -0.25) is 9.59 Å². The molecule has 5 aromatic carbocycles. The Balaban J connectivity index is 0.000000239. The number of esters is 3. The van der Waals surface area contributed by atoms with Gasteiger partial charge in [-0.05, 0) is 111 Å². The van der Waals surface area contributed by atoms with Gasteiger partial charge in [0.05, 0.1) is 28.4 Å². The van der Waals surface area contributed by atoms with Gasteiger partial charge in [-0.2, -0.15) is 0 Å². The molecule has 2 saturated carbocycles. The van der Waals surface area contributed by atoms with Gasteiger partial charge in [-0.1, -0.05) is 104 Å². The van der Waals surface area contributed by atoms with Crippen molar-refractivity contribution in [2.45, 2.75) is 109 Å². The predicted molar refractivity (Wildman–Crippen MR) is 321 cm³/mol. The molecular formula is C67H63F6LiN6O11S. The minimum absolute atomic E-state index is 0. The minimum Gasteiger partial charge on any atom is -0.870 e. The molecule has 0 aliphatic heterocycles. The first-order chi connectivity index (χ1) is 43.2. The van der Waals surface area contributed by atoms with E-state index in [0.29, 0.717) is 29.3 Å². The van der Waals surface area contributed by atoms with Crippen molar-refractivity contribution in [3.05, 3.63) is 196 Å². The number of aryl methyl sites for hydroxylation is 1. The maximum Gasteiger partial charge on any atom is 1.00 e. The van der Waals surface area contributed by atoms with Crippen LogP contribution in [0.3, 0.4) is 0 Å². The third kappa shape index (κ3) is 16.3. The van der Waals surface area contributed by atoms with Crippen molar-refractivity contribution >= 4 is 55.7 Å². The van der Waals surface area contributed by atoms with Crippen LogP contribution >= 0.6 is 0 Å². The van der Waals surface area contributed by atoms with E-state index in [-0.39, 0.29) is 161 Å². The summed E-state index contributed by atoms with van der Waals surface area (Å²) < 4.78 is 134. The van der Waals surface area contributed by atoms with Crippen LogP contribution in [0.25, 0.3) is 44.6 Å². The largest absolute Gasteiger partial charge is 1.00 e. The Labute approximate surface area is 537 Å². The number of ether oxygens (including phenoxy) is 3. The van der Waals surface area contributed by atoms with Crippen molar-refractivity contribution in [1.29, 1.82) is 0 Å². The summed E-state index contributed by atoms with van der Waals surface area (Å²) in [6.45, 7) is 3.60. The molecule has 9 aromatic rings. The number of fused-ring (bicyclic) bond motifs is 2. The number of nitrogens with zero attached hydrogens (tertiary/aromatic N) is 5. The van der Waals surface area contributed by atoms with E-state index in [0.717, 1.165) is 73.2 Å². The number of carboxylic acid groups (broad SMARTS) is 1. The minimum atomic E-state index is -4.42. The molecule has 2 aliphatic carbocycles. The number of benzene rings is 5. The third-order valence-electron chi connectivity index (χ3n) is 16.2. The Morgan fingerprint density at radius 1 is 0.620 bits per heavy atom. The molecule has 11 rings (SSSR count). The van der Waals surface area contributed by atoms with Gasteiger partial charge >= 0.3 is 42.7 Å². The molecule has 0 amide bonds. The summed E-state index contributed by atoms with van der Waals surface area (Å²) >= 11 is 0. The second-order valence-electron chi connectivity index (χ2n) is 22.7. The number of halogens is 6. The number of carbonyl (C=O) groups is 4. The number of hydrogen-bond acceptors (Lipinski definition) is 14. The molecule has 3 N–H and O–H groups in total. The fraction of sp³-hybridized carbons (Fsp3) is 0.313. The van der Waals surface area contributed by atoms with Crippen molar-refractivity contribution in [2.75, 3.05) is 6.61 Å². The topological polar surface area (TPSA) is 253 Å². The molecule has 4 heterocycles. The zero-order valence-corrected chi connectivity index (χ0v) is 51.3. The Morgan fingerprint density at radius 2 is 1.11 bits per heavy atom. The second-order valence-corrected chi connectivity index (χ2v) is 24.5. The molecular weight excluding hydrogens is 1220 g/mol. The predicted octanol–water partition coefficient (Wildman–Crippen LogP) is 10.8. The molecule has 0 radical (unpaired) electrons. The molecule has 92 heavy (non-hydrogen) atoms. The van der Waals surface area contributed by atoms with Gasteiger partial charge in [0.2, 0.25) is 0 Å². The number of aromatic carboxylic acids is 1. The van der Waals surface area contributed by atoms with Crippen molar-refractivity contribution in [3.8, 4) is 22.8 Å². The first-order valence-electron chi connectivity index (χ1n) is 29.4. The Bertz CT molecular complexity index is 4260. The van der Waals surface area contributed by atoms with E-state index >= 15 is 13.2 Å². The molecule has 4 aromatic heterocycles. The van der Waals surface area contributed by atoms with Crippen LogP contribution in [0.1, 0.15) is 120 Å². The smallest absolute Gasteiger partial charge is 0.870 e. The number of carboxylic acids is 1. The molecule has 2 fully saturated rings. The van der Waals surface area contributed by atoms with E-state index in [1.165, 1.54) is 18.3 Å². The maximum atomic E-state index is 16.0. The van der Waals surface area contributed by atoms with Crippen molar-refractivity contribution < 1.29 is 97.6 Å². The van der Waals surface area contributed by atoms with Crippen LogP contribution in [0.4, 0.5) is 26.3 Å². The van der Waals surface area contributed by atoms with Crippen LogP contribution in [0.2, 0.25) is 0 Å². The van der Waals surface area contributed by atoms with E-state index in [1.54, 1.807) is 26.0 Å². The van der Waals surface area contributed by atoms with E-state index in [4.69, 9.17) is 14.2 Å². The van der Waals surface area contributed by atoms with Gasteiger partial charge in [-0.25, -0.2) is 68.3 Å².